The van der Waals surface area contributed by atoms with Crippen molar-refractivity contribution >= 4 is 47.1 Å². The average molecular weight is 661 g/mol. The second-order valence-electron chi connectivity index (χ2n) is 11.8. The number of para-hydroxylation sites is 1. The Labute approximate surface area is 271 Å². The van der Waals surface area contributed by atoms with E-state index in [0.29, 0.717) is 6.61 Å². The molecule has 3 aliphatic rings. The fourth-order valence-electron chi connectivity index (χ4n) is 5.30. The lowest BCUT2D eigenvalue weighted by Gasteiger charge is -2.33. The molecule has 12 heteroatoms. The number of hydrogen-bond donors (Lipinski definition) is 2. The topological polar surface area (TPSA) is 87.1 Å². The maximum atomic E-state index is 9.88. The quantitative estimate of drug-likeness (QED) is 0.326. The van der Waals surface area contributed by atoms with Gasteiger partial charge in [0.1, 0.15) is 24.4 Å². The smallest absolute Gasteiger partial charge is 0.190 e. The van der Waals surface area contributed by atoms with Gasteiger partial charge in [-0.25, -0.2) is 0 Å². The van der Waals surface area contributed by atoms with E-state index in [2.05, 4.69) is 65.2 Å². The van der Waals surface area contributed by atoms with Gasteiger partial charge in [-0.05, 0) is 98.3 Å². The summed E-state index contributed by atoms with van der Waals surface area (Å²) in [6, 6.07) is 14.8. The van der Waals surface area contributed by atoms with Gasteiger partial charge in [0.2, 0.25) is 0 Å². The highest BCUT2D eigenvalue weighted by atomic mass is 35.5. The van der Waals surface area contributed by atoms with Gasteiger partial charge in [0.25, 0.3) is 0 Å². The third kappa shape index (κ3) is 9.67. The first kappa shape index (κ1) is 36.3. The standard InChI is InChI=1S/C17H19ClN2S.C14H27NO6.ClH/c1-19(2)10-5-11-20-14-6-3-4-7-16(14)21-17-9-8-13(18)12-15(17)20;1-14(2)20-12-11(18-7-5-6-15(3)4)10(9(17)8-16)19-13(12)21-14;/h3-4,6-9,12H,5,10-11H2,1-2H3;9-13,16-17H,5-8H2,1-4H3;1H. The van der Waals surface area contributed by atoms with Gasteiger partial charge in [-0.1, -0.05) is 35.5 Å². The Balaban J connectivity index is 0.000000230. The number of hydrogen-bond acceptors (Lipinski definition) is 10. The second kappa shape index (κ2) is 16.4. The summed E-state index contributed by atoms with van der Waals surface area (Å²) >= 11 is 8.03. The minimum atomic E-state index is -1.01. The molecule has 2 fully saturated rings. The molecule has 2 aromatic rings. The van der Waals surface area contributed by atoms with E-state index >= 15 is 0 Å². The van der Waals surface area contributed by atoms with E-state index in [9.17, 15) is 5.11 Å². The van der Waals surface area contributed by atoms with E-state index in [1.54, 1.807) is 0 Å². The molecule has 242 valence electrons. The van der Waals surface area contributed by atoms with Gasteiger partial charge in [0.15, 0.2) is 12.1 Å². The molecule has 0 saturated carbocycles. The zero-order valence-electron chi connectivity index (χ0n) is 25.9. The van der Waals surface area contributed by atoms with Gasteiger partial charge < -0.3 is 43.9 Å². The SMILES string of the molecule is CN(C)CCCN1c2ccccc2Sc2ccc(Cl)cc21.CN(C)CCCOC1C(C(O)CO)OC2OC(C)(C)OC21.Cl. The van der Waals surface area contributed by atoms with E-state index in [0.717, 1.165) is 37.5 Å². The predicted molar refractivity (Wildman–Crippen MR) is 174 cm³/mol. The number of aliphatic hydroxyl groups is 2. The second-order valence-corrected chi connectivity index (χ2v) is 13.3. The molecule has 9 nitrogen and oxygen atoms in total. The molecule has 0 spiro atoms. The molecule has 2 aromatic carbocycles. The Morgan fingerprint density at radius 1 is 1.00 bits per heavy atom. The molecule has 43 heavy (non-hydrogen) atoms. The summed E-state index contributed by atoms with van der Waals surface area (Å²) < 4.78 is 23.0. The molecule has 0 bridgehead atoms. The van der Waals surface area contributed by atoms with Gasteiger partial charge in [0, 0.05) is 28.0 Å². The van der Waals surface area contributed by atoms with Gasteiger partial charge in [0.05, 0.1) is 18.0 Å². The Morgan fingerprint density at radius 3 is 2.37 bits per heavy atom. The number of anilines is 2. The molecule has 0 aliphatic carbocycles. The van der Waals surface area contributed by atoms with Crippen molar-refractivity contribution in [2.45, 2.75) is 73.0 Å². The first-order valence-corrected chi connectivity index (χ1v) is 15.7. The van der Waals surface area contributed by atoms with Crippen molar-refractivity contribution in [2.24, 2.45) is 0 Å². The number of halogens is 2. The summed E-state index contributed by atoms with van der Waals surface area (Å²) in [6.45, 7) is 6.78. The van der Waals surface area contributed by atoms with Gasteiger partial charge in [-0.3, -0.25) is 0 Å². The molecule has 5 rings (SSSR count). The average Bonchev–Trinajstić information content (AvgIpc) is 3.42. The van der Waals surface area contributed by atoms with Crippen LogP contribution in [0.1, 0.15) is 26.7 Å². The fourth-order valence-corrected chi connectivity index (χ4v) is 6.54. The van der Waals surface area contributed by atoms with E-state index in [4.69, 9.17) is 35.7 Å². The minimum Gasteiger partial charge on any atom is -0.394 e. The van der Waals surface area contributed by atoms with Crippen molar-refractivity contribution in [3.8, 4) is 0 Å². The summed E-state index contributed by atoms with van der Waals surface area (Å²) in [6.07, 6.45) is -1.05. The largest absolute Gasteiger partial charge is 0.394 e. The number of rotatable bonds is 11. The van der Waals surface area contributed by atoms with Crippen LogP contribution in [0.3, 0.4) is 0 Å². The van der Waals surface area contributed by atoms with E-state index in [1.807, 2.05) is 45.8 Å². The highest BCUT2D eigenvalue weighted by molar-refractivity contribution is 7.99. The zero-order chi connectivity index (χ0) is 30.4. The predicted octanol–water partition coefficient (Wildman–Crippen LogP) is 4.87. The number of nitrogens with zero attached hydrogens (tertiary/aromatic N) is 3. The molecule has 3 aliphatic heterocycles. The number of benzene rings is 2. The molecule has 0 amide bonds. The highest BCUT2D eigenvalue weighted by Crippen LogP contribution is 2.48. The summed E-state index contributed by atoms with van der Waals surface area (Å²) in [5, 5.41) is 19.8. The van der Waals surface area contributed by atoms with E-state index in [1.165, 1.54) is 21.2 Å². The molecular weight excluding hydrogens is 613 g/mol. The molecule has 3 heterocycles. The van der Waals surface area contributed by atoms with E-state index < -0.39 is 30.4 Å². The van der Waals surface area contributed by atoms with Crippen molar-refractivity contribution in [1.29, 1.82) is 0 Å². The van der Waals surface area contributed by atoms with Crippen LogP contribution in [-0.2, 0) is 18.9 Å². The molecule has 5 unspecified atom stereocenters. The first-order chi connectivity index (χ1) is 20.0. The normalized spacial score (nSPS) is 24.1. The van der Waals surface area contributed by atoms with Crippen LogP contribution in [0.15, 0.2) is 52.3 Å². The van der Waals surface area contributed by atoms with Gasteiger partial charge >= 0.3 is 0 Å². The lowest BCUT2D eigenvalue weighted by molar-refractivity contribution is -0.231. The first-order valence-electron chi connectivity index (χ1n) is 14.5. The molecule has 2 N–H and O–H groups in total. The van der Waals surface area contributed by atoms with Crippen LogP contribution in [-0.4, -0.2) is 118 Å². The minimum absolute atomic E-state index is 0. The van der Waals surface area contributed by atoms with Crippen molar-refractivity contribution in [2.75, 3.05) is 65.9 Å². The third-order valence-corrected chi connectivity index (χ3v) is 8.59. The summed E-state index contributed by atoms with van der Waals surface area (Å²) in [5.41, 5.74) is 2.51. The third-order valence-electron chi connectivity index (χ3n) is 7.23. The molecule has 0 radical (unpaired) electrons. The Hall–Kier alpha value is -1.15. The zero-order valence-corrected chi connectivity index (χ0v) is 28.3. The Bertz CT molecular complexity index is 1160. The van der Waals surface area contributed by atoms with Crippen LogP contribution < -0.4 is 4.90 Å². The number of ether oxygens (including phenoxy) is 4. The maximum Gasteiger partial charge on any atom is 0.190 e. The van der Waals surface area contributed by atoms with Crippen LogP contribution in [0.2, 0.25) is 5.02 Å². The Kier molecular flexibility index (Phi) is 13.9. The Morgan fingerprint density at radius 2 is 1.67 bits per heavy atom. The highest BCUT2D eigenvalue weighted by Gasteiger charge is 2.56. The monoisotopic (exact) mass is 659 g/mol. The van der Waals surface area contributed by atoms with Crippen LogP contribution in [0.5, 0.6) is 0 Å². The molecule has 5 atom stereocenters. The molecule has 2 saturated heterocycles. The summed E-state index contributed by atoms with van der Waals surface area (Å²) in [4.78, 5) is 9.30. The van der Waals surface area contributed by atoms with Crippen LogP contribution >= 0.6 is 35.8 Å². The van der Waals surface area contributed by atoms with Crippen molar-refractivity contribution < 1.29 is 29.2 Å². The van der Waals surface area contributed by atoms with Gasteiger partial charge in [-0.15, -0.1) is 12.4 Å². The molecular formula is C31H47Cl2N3O6S. The lowest BCUT2D eigenvalue weighted by Crippen LogP contribution is -2.44. The van der Waals surface area contributed by atoms with Crippen molar-refractivity contribution in [3.05, 3.63) is 47.5 Å². The van der Waals surface area contributed by atoms with Crippen molar-refractivity contribution in [3.63, 3.8) is 0 Å². The van der Waals surface area contributed by atoms with E-state index in [-0.39, 0.29) is 25.1 Å². The maximum absolute atomic E-state index is 9.88. The van der Waals surface area contributed by atoms with Crippen LogP contribution in [0.4, 0.5) is 11.4 Å². The number of fused-ring (bicyclic) bond motifs is 3. The lowest BCUT2D eigenvalue weighted by atomic mass is 10.1. The fraction of sp³-hybridized carbons (Fsp3) is 0.613. The number of aliphatic hydroxyl groups excluding tert-OH is 2. The van der Waals surface area contributed by atoms with Gasteiger partial charge in [-0.2, -0.15) is 0 Å². The summed E-state index contributed by atoms with van der Waals surface area (Å²) in [5.74, 6) is -0.726. The van der Waals surface area contributed by atoms with Crippen molar-refractivity contribution in [1.82, 2.24) is 9.80 Å². The van der Waals surface area contributed by atoms with Crippen LogP contribution in [0.25, 0.3) is 0 Å². The summed E-state index contributed by atoms with van der Waals surface area (Å²) in [7, 11) is 8.24. The molecule has 0 aromatic heterocycles. The van der Waals surface area contributed by atoms with Crippen LogP contribution in [0, 0.1) is 0 Å².